The van der Waals surface area contributed by atoms with Gasteiger partial charge in [0, 0.05) is 24.2 Å². The Morgan fingerprint density at radius 1 is 1.40 bits per heavy atom. The number of hydrogen-bond donors (Lipinski definition) is 2. The van der Waals surface area contributed by atoms with Crippen LogP contribution in [0.1, 0.15) is 30.6 Å². The first kappa shape index (κ1) is 13.4. The van der Waals surface area contributed by atoms with Gasteiger partial charge in [0.05, 0.1) is 17.6 Å². The summed E-state index contributed by atoms with van der Waals surface area (Å²) in [5.41, 5.74) is 4.58. The normalized spacial score (nSPS) is 18.9. The molecule has 0 radical (unpaired) electrons. The molecular formula is C15H23N5. The van der Waals surface area contributed by atoms with E-state index in [9.17, 15) is 0 Å². The summed E-state index contributed by atoms with van der Waals surface area (Å²) in [4.78, 5) is 8.04. The lowest BCUT2D eigenvalue weighted by atomic mass is 10.1. The first-order valence-electron chi connectivity index (χ1n) is 7.48. The van der Waals surface area contributed by atoms with E-state index in [1.54, 1.807) is 0 Å². The highest BCUT2D eigenvalue weighted by Gasteiger charge is 2.18. The van der Waals surface area contributed by atoms with Gasteiger partial charge in [-0.2, -0.15) is 5.10 Å². The number of hydrogen-bond acceptors (Lipinski definition) is 3. The number of nitrogens with one attached hydrogen (secondary N) is 2. The lowest BCUT2D eigenvalue weighted by Crippen LogP contribution is -2.11. The monoisotopic (exact) mass is 273 g/mol. The molecule has 20 heavy (non-hydrogen) atoms. The number of rotatable bonds is 4. The van der Waals surface area contributed by atoms with Crippen LogP contribution < -0.4 is 5.32 Å². The zero-order valence-corrected chi connectivity index (χ0v) is 12.5. The highest BCUT2D eigenvalue weighted by atomic mass is 15.3. The Morgan fingerprint density at radius 2 is 2.25 bits per heavy atom. The zero-order valence-electron chi connectivity index (χ0n) is 12.5. The van der Waals surface area contributed by atoms with Crippen LogP contribution >= 0.6 is 0 Å². The Morgan fingerprint density at radius 3 is 2.90 bits per heavy atom. The Labute approximate surface area is 119 Å². The van der Waals surface area contributed by atoms with Crippen molar-refractivity contribution in [3.05, 3.63) is 23.4 Å². The van der Waals surface area contributed by atoms with Gasteiger partial charge in [-0.1, -0.05) is 0 Å². The van der Waals surface area contributed by atoms with Gasteiger partial charge in [0.1, 0.15) is 5.82 Å². The van der Waals surface area contributed by atoms with Crippen molar-refractivity contribution < 1.29 is 0 Å². The van der Waals surface area contributed by atoms with Crippen LogP contribution in [0.15, 0.2) is 6.20 Å². The van der Waals surface area contributed by atoms with E-state index < -0.39 is 0 Å². The van der Waals surface area contributed by atoms with Crippen LogP contribution in [0.3, 0.4) is 0 Å². The van der Waals surface area contributed by atoms with Gasteiger partial charge in [0.25, 0.3) is 0 Å². The molecule has 1 aliphatic rings. The van der Waals surface area contributed by atoms with E-state index in [4.69, 9.17) is 0 Å². The van der Waals surface area contributed by atoms with Crippen LogP contribution in [0, 0.1) is 19.8 Å². The van der Waals surface area contributed by atoms with Crippen molar-refractivity contribution in [2.45, 2.75) is 40.2 Å². The van der Waals surface area contributed by atoms with Gasteiger partial charge >= 0.3 is 0 Å². The highest BCUT2D eigenvalue weighted by molar-refractivity contribution is 5.64. The van der Waals surface area contributed by atoms with E-state index in [1.165, 1.54) is 17.7 Å². The van der Waals surface area contributed by atoms with Crippen molar-refractivity contribution in [2.75, 3.05) is 13.1 Å². The average Bonchev–Trinajstić information content (AvgIpc) is 3.13. The molecule has 0 spiro atoms. The summed E-state index contributed by atoms with van der Waals surface area (Å²) in [6.45, 7) is 9.47. The van der Waals surface area contributed by atoms with Gasteiger partial charge in [-0.05, 0) is 46.2 Å². The second-order valence-corrected chi connectivity index (χ2v) is 5.67. The predicted molar refractivity (Wildman–Crippen MR) is 79.6 cm³/mol. The maximum Gasteiger partial charge on any atom is 0.106 e. The number of aryl methyl sites for hydroxylation is 2. The molecule has 0 aliphatic carbocycles. The quantitative estimate of drug-likeness (QED) is 0.896. The molecule has 5 heteroatoms. The second-order valence-electron chi connectivity index (χ2n) is 5.67. The molecule has 2 N–H and O–H groups in total. The van der Waals surface area contributed by atoms with Crippen LogP contribution in [0.25, 0.3) is 11.3 Å². The minimum Gasteiger partial charge on any atom is -0.342 e. The average molecular weight is 273 g/mol. The molecule has 1 aliphatic heterocycles. The van der Waals surface area contributed by atoms with Crippen molar-refractivity contribution in [2.24, 2.45) is 5.92 Å². The predicted octanol–water partition coefficient (Wildman–Crippen LogP) is 2.06. The lowest BCUT2D eigenvalue weighted by molar-refractivity contribution is 0.565. The van der Waals surface area contributed by atoms with Gasteiger partial charge < -0.3 is 10.3 Å². The zero-order chi connectivity index (χ0) is 14.1. The SMILES string of the molecule is CCn1nc(C)c(-c2cnc(CC3CCNC3)[nH]2)c1C. The Kier molecular flexibility index (Phi) is 3.61. The number of H-pyrrole nitrogens is 1. The smallest absolute Gasteiger partial charge is 0.106 e. The van der Waals surface area contributed by atoms with E-state index in [2.05, 4.69) is 41.2 Å². The molecule has 5 nitrogen and oxygen atoms in total. The summed E-state index contributed by atoms with van der Waals surface area (Å²) in [5.74, 6) is 1.81. The fourth-order valence-corrected chi connectivity index (χ4v) is 3.15. The standard InChI is InChI=1S/C15H23N5/c1-4-20-11(3)15(10(2)19-20)13-9-17-14(18-13)7-12-5-6-16-8-12/h9,12,16H,4-8H2,1-3H3,(H,17,18). The summed E-state index contributed by atoms with van der Waals surface area (Å²) in [6.07, 6.45) is 4.24. The van der Waals surface area contributed by atoms with Crippen molar-refractivity contribution in [3.8, 4) is 11.3 Å². The maximum atomic E-state index is 4.58. The number of imidazole rings is 1. The number of aromatic nitrogens is 4. The number of nitrogens with zero attached hydrogens (tertiary/aromatic N) is 3. The van der Waals surface area contributed by atoms with Crippen LogP contribution in [0.5, 0.6) is 0 Å². The third kappa shape index (κ3) is 2.38. The molecule has 1 unspecified atom stereocenters. The molecule has 0 saturated carbocycles. The molecule has 0 amide bonds. The lowest BCUT2D eigenvalue weighted by Gasteiger charge is -2.04. The largest absolute Gasteiger partial charge is 0.342 e. The molecule has 1 atom stereocenters. The minimum atomic E-state index is 0.717. The minimum absolute atomic E-state index is 0.717. The summed E-state index contributed by atoms with van der Waals surface area (Å²) < 4.78 is 2.05. The van der Waals surface area contributed by atoms with Gasteiger partial charge in [0.2, 0.25) is 0 Å². The van der Waals surface area contributed by atoms with E-state index in [0.29, 0.717) is 0 Å². The summed E-state index contributed by atoms with van der Waals surface area (Å²) in [7, 11) is 0. The van der Waals surface area contributed by atoms with Gasteiger partial charge in [-0.15, -0.1) is 0 Å². The van der Waals surface area contributed by atoms with Gasteiger partial charge in [-0.3, -0.25) is 4.68 Å². The van der Waals surface area contributed by atoms with Crippen molar-refractivity contribution in [3.63, 3.8) is 0 Å². The molecule has 2 aromatic rings. The molecule has 2 aromatic heterocycles. The van der Waals surface area contributed by atoms with E-state index in [0.717, 1.165) is 49.2 Å². The van der Waals surface area contributed by atoms with Crippen LogP contribution in [0.2, 0.25) is 0 Å². The molecule has 108 valence electrons. The molecule has 1 fully saturated rings. The van der Waals surface area contributed by atoms with E-state index in [-0.39, 0.29) is 0 Å². The van der Waals surface area contributed by atoms with Crippen molar-refractivity contribution >= 4 is 0 Å². The third-order valence-corrected chi connectivity index (χ3v) is 4.22. The maximum absolute atomic E-state index is 4.58. The molecule has 0 aromatic carbocycles. The second kappa shape index (κ2) is 5.40. The van der Waals surface area contributed by atoms with Crippen molar-refractivity contribution in [1.29, 1.82) is 0 Å². The summed E-state index contributed by atoms with van der Waals surface area (Å²) >= 11 is 0. The third-order valence-electron chi connectivity index (χ3n) is 4.22. The van der Waals surface area contributed by atoms with E-state index >= 15 is 0 Å². The van der Waals surface area contributed by atoms with Crippen LogP contribution in [-0.4, -0.2) is 32.8 Å². The fraction of sp³-hybridized carbons (Fsp3) is 0.600. The molecule has 0 bridgehead atoms. The Hall–Kier alpha value is -1.62. The fourth-order valence-electron chi connectivity index (χ4n) is 3.15. The molecule has 1 saturated heterocycles. The first-order valence-corrected chi connectivity index (χ1v) is 7.48. The number of aromatic amines is 1. The molecule has 3 rings (SSSR count). The first-order chi connectivity index (χ1) is 9.69. The van der Waals surface area contributed by atoms with Crippen LogP contribution in [0.4, 0.5) is 0 Å². The van der Waals surface area contributed by atoms with Crippen LogP contribution in [-0.2, 0) is 13.0 Å². The Balaban J connectivity index is 1.84. The van der Waals surface area contributed by atoms with Crippen molar-refractivity contribution in [1.82, 2.24) is 25.1 Å². The van der Waals surface area contributed by atoms with Gasteiger partial charge in [-0.25, -0.2) is 4.98 Å². The summed E-state index contributed by atoms with van der Waals surface area (Å²) in [5, 5.41) is 7.98. The van der Waals surface area contributed by atoms with Gasteiger partial charge in [0.15, 0.2) is 0 Å². The molecule has 3 heterocycles. The Bertz CT molecular complexity index is 589. The topological polar surface area (TPSA) is 58.5 Å². The highest BCUT2D eigenvalue weighted by Crippen LogP contribution is 2.26. The van der Waals surface area contributed by atoms with E-state index in [1.807, 2.05) is 10.9 Å². The molecular weight excluding hydrogens is 250 g/mol. The summed E-state index contributed by atoms with van der Waals surface area (Å²) in [6, 6.07) is 0.